The summed E-state index contributed by atoms with van der Waals surface area (Å²) in [5.74, 6) is -3.06. The number of aromatic nitrogens is 4. The van der Waals surface area contributed by atoms with Gasteiger partial charge >= 0.3 is 17.9 Å². The number of nitrogens with two attached hydrogens (primary N) is 2. The van der Waals surface area contributed by atoms with Crippen molar-refractivity contribution in [1.29, 1.82) is 0 Å². The minimum atomic E-state index is -1.21. The number of nitrogens with one attached hydrogen (secondary N) is 2. The molecule has 0 fully saturated rings. The van der Waals surface area contributed by atoms with Crippen LogP contribution in [0.5, 0.6) is 0 Å². The molecule has 166 valence electrons. The van der Waals surface area contributed by atoms with Gasteiger partial charge in [0.2, 0.25) is 5.95 Å². The molecule has 0 unspecified atom stereocenters. The maximum absolute atomic E-state index is 12.1. The fourth-order valence-corrected chi connectivity index (χ4v) is 2.60. The standard InChI is InChI=1S/C19H19N7O6/c20-12(5-6-13(27)28)18(31)32-17(30)9-1-3-10(4-2-9)22-7-11-8-23-15-14(24-11)16(29)26-19(21)25-15/h1-4,8,12,22H,5-7,20H2,(H,27,28)(H3,21,23,25,26,29)/t12-/m0/s1. The number of carbonyl (C=O) groups is 3. The number of hydrogen-bond donors (Lipinski definition) is 5. The number of benzene rings is 1. The van der Waals surface area contributed by atoms with Gasteiger partial charge in [0.05, 0.1) is 24.0 Å². The minimum absolute atomic E-state index is 0.0507. The predicted molar refractivity (Wildman–Crippen MR) is 111 cm³/mol. The maximum Gasteiger partial charge on any atom is 0.345 e. The first kappa shape index (κ1) is 22.3. The summed E-state index contributed by atoms with van der Waals surface area (Å²) in [4.78, 5) is 60.8. The van der Waals surface area contributed by atoms with Gasteiger partial charge in [0, 0.05) is 12.1 Å². The largest absolute Gasteiger partial charge is 0.481 e. The van der Waals surface area contributed by atoms with Crippen LogP contribution < -0.4 is 22.3 Å². The molecule has 3 aromatic rings. The number of rotatable bonds is 8. The van der Waals surface area contributed by atoms with Crippen molar-refractivity contribution in [3.05, 3.63) is 52.1 Å². The fraction of sp³-hybridized carbons (Fsp3) is 0.211. The summed E-state index contributed by atoms with van der Waals surface area (Å²) in [7, 11) is 0. The number of ether oxygens (including phenoxy) is 1. The van der Waals surface area contributed by atoms with Gasteiger partial charge in [-0.15, -0.1) is 0 Å². The Labute approximate surface area is 179 Å². The van der Waals surface area contributed by atoms with Gasteiger partial charge in [-0.25, -0.2) is 19.6 Å². The van der Waals surface area contributed by atoms with Crippen LogP contribution in [0.2, 0.25) is 0 Å². The van der Waals surface area contributed by atoms with Crippen molar-refractivity contribution in [3.63, 3.8) is 0 Å². The van der Waals surface area contributed by atoms with Crippen molar-refractivity contribution in [2.45, 2.75) is 25.4 Å². The number of carboxylic acids is 1. The summed E-state index contributed by atoms with van der Waals surface area (Å²) < 4.78 is 4.68. The second kappa shape index (κ2) is 9.61. The Morgan fingerprint density at radius 2 is 1.91 bits per heavy atom. The lowest BCUT2D eigenvalue weighted by atomic mass is 10.1. The molecule has 32 heavy (non-hydrogen) atoms. The summed E-state index contributed by atoms with van der Waals surface area (Å²) in [6.07, 6.45) is 0.995. The average molecular weight is 441 g/mol. The van der Waals surface area contributed by atoms with Gasteiger partial charge < -0.3 is 26.6 Å². The maximum atomic E-state index is 12.1. The topological polar surface area (TPSA) is 216 Å². The number of aliphatic carboxylic acids is 1. The molecule has 1 aromatic carbocycles. The minimum Gasteiger partial charge on any atom is -0.481 e. The third kappa shape index (κ3) is 5.60. The van der Waals surface area contributed by atoms with Gasteiger partial charge in [-0.1, -0.05) is 0 Å². The van der Waals surface area contributed by atoms with E-state index in [-0.39, 0.29) is 42.1 Å². The quantitative estimate of drug-likeness (QED) is 0.226. The highest BCUT2D eigenvalue weighted by Crippen LogP contribution is 2.13. The molecular weight excluding hydrogens is 422 g/mol. The Balaban J connectivity index is 1.58. The van der Waals surface area contributed by atoms with E-state index in [0.29, 0.717) is 11.4 Å². The number of carboxylic acid groups (broad SMARTS) is 1. The third-order valence-electron chi connectivity index (χ3n) is 4.25. The van der Waals surface area contributed by atoms with Crippen molar-refractivity contribution < 1.29 is 24.2 Å². The third-order valence-corrected chi connectivity index (χ3v) is 4.25. The van der Waals surface area contributed by atoms with Crippen LogP contribution in [0, 0.1) is 0 Å². The van der Waals surface area contributed by atoms with Crippen molar-refractivity contribution in [2.24, 2.45) is 5.73 Å². The molecule has 7 N–H and O–H groups in total. The summed E-state index contributed by atoms with van der Waals surface area (Å²) in [6.45, 7) is 0.230. The predicted octanol–water partition coefficient (Wildman–Crippen LogP) is -0.217. The molecule has 0 bridgehead atoms. The Bertz CT molecular complexity index is 1230. The first-order valence-corrected chi connectivity index (χ1v) is 9.31. The van der Waals surface area contributed by atoms with E-state index < -0.39 is 29.5 Å². The smallest absolute Gasteiger partial charge is 0.345 e. The van der Waals surface area contributed by atoms with Gasteiger partial charge in [0.15, 0.2) is 11.2 Å². The molecule has 13 nitrogen and oxygen atoms in total. The lowest BCUT2D eigenvalue weighted by Gasteiger charge is -2.10. The van der Waals surface area contributed by atoms with Crippen molar-refractivity contribution in [2.75, 3.05) is 11.1 Å². The highest BCUT2D eigenvalue weighted by atomic mass is 16.6. The number of nitrogens with zero attached hydrogens (tertiary/aromatic N) is 3. The van der Waals surface area contributed by atoms with Gasteiger partial charge in [-0.3, -0.25) is 14.6 Å². The van der Waals surface area contributed by atoms with Crippen LogP contribution >= 0.6 is 0 Å². The molecular formula is C19H19N7O6. The van der Waals surface area contributed by atoms with E-state index in [1.165, 1.54) is 18.3 Å². The van der Waals surface area contributed by atoms with E-state index in [1.54, 1.807) is 12.1 Å². The molecule has 0 spiro atoms. The Morgan fingerprint density at radius 1 is 1.19 bits per heavy atom. The van der Waals surface area contributed by atoms with Crippen molar-refractivity contribution in [1.82, 2.24) is 19.9 Å². The molecule has 2 heterocycles. The first-order chi connectivity index (χ1) is 15.2. The van der Waals surface area contributed by atoms with E-state index in [0.717, 1.165) is 0 Å². The Hall–Kier alpha value is -4.39. The van der Waals surface area contributed by atoms with Crippen molar-refractivity contribution >= 4 is 40.7 Å². The molecule has 0 aliphatic heterocycles. The number of anilines is 2. The lowest BCUT2D eigenvalue weighted by Crippen LogP contribution is -2.34. The highest BCUT2D eigenvalue weighted by molar-refractivity contribution is 5.98. The zero-order valence-corrected chi connectivity index (χ0v) is 16.6. The molecule has 2 aromatic heterocycles. The number of fused-ring (bicyclic) bond motifs is 1. The fourth-order valence-electron chi connectivity index (χ4n) is 2.60. The van der Waals surface area contributed by atoms with E-state index in [2.05, 4.69) is 30.0 Å². The van der Waals surface area contributed by atoms with Gasteiger partial charge in [0.25, 0.3) is 5.56 Å². The van der Waals surface area contributed by atoms with Crippen LogP contribution in [0.1, 0.15) is 28.9 Å². The number of esters is 2. The number of nitrogen functional groups attached to an aromatic ring is 1. The van der Waals surface area contributed by atoms with E-state index in [9.17, 15) is 19.2 Å². The zero-order valence-electron chi connectivity index (χ0n) is 16.6. The lowest BCUT2D eigenvalue weighted by molar-refractivity contribution is -0.140. The molecule has 0 aliphatic rings. The molecule has 0 saturated carbocycles. The van der Waals surface area contributed by atoms with Crippen molar-refractivity contribution in [3.8, 4) is 0 Å². The number of hydrogen-bond acceptors (Lipinski definition) is 11. The summed E-state index contributed by atoms with van der Waals surface area (Å²) in [5.41, 5.74) is 11.9. The monoisotopic (exact) mass is 441 g/mol. The molecule has 3 rings (SSSR count). The number of carbonyl (C=O) groups excluding carboxylic acids is 2. The molecule has 13 heteroatoms. The van der Waals surface area contributed by atoms with E-state index in [4.69, 9.17) is 16.6 Å². The van der Waals surface area contributed by atoms with Gasteiger partial charge in [-0.2, -0.15) is 4.98 Å². The van der Waals surface area contributed by atoms with E-state index >= 15 is 0 Å². The molecule has 1 atom stereocenters. The molecule has 0 aliphatic carbocycles. The second-order valence-corrected chi connectivity index (χ2v) is 6.66. The normalized spacial score (nSPS) is 11.7. The van der Waals surface area contributed by atoms with Crippen LogP contribution in [-0.4, -0.2) is 49.0 Å². The van der Waals surface area contributed by atoms with Crippen LogP contribution in [0.4, 0.5) is 11.6 Å². The molecule has 0 amide bonds. The molecule has 0 radical (unpaired) electrons. The zero-order chi connectivity index (χ0) is 23.3. The number of H-pyrrole nitrogens is 1. The van der Waals surface area contributed by atoms with Crippen LogP contribution in [-0.2, 0) is 20.9 Å². The highest BCUT2D eigenvalue weighted by Gasteiger charge is 2.20. The van der Waals surface area contributed by atoms with Gasteiger partial charge in [0.1, 0.15) is 6.04 Å². The Morgan fingerprint density at radius 3 is 2.59 bits per heavy atom. The second-order valence-electron chi connectivity index (χ2n) is 6.66. The molecule has 0 saturated heterocycles. The average Bonchev–Trinajstić information content (AvgIpc) is 2.76. The van der Waals surface area contributed by atoms with Crippen LogP contribution in [0.3, 0.4) is 0 Å². The first-order valence-electron chi connectivity index (χ1n) is 9.31. The summed E-state index contributed by atoms with van der Waals surface area (Å²) in [5, 5.41) is 11.7. The Kier molecular flexibility index (Phi) is 6.70. The summed E-state index contributed by atoms with van der Waals surface area (Å²) in [6, 6.07) is 4.82. The van der Waals surface area contributed by atoms with Crippen LogP contribution in [0.25, 0.3) is 11.2 Å². The van der Waals surface area contributed by atoms with E-state index in [1.807, 2.05) is 0 Å². The number of aromatic amines is 1. The van der Waals surface area contributed by atoms with Gasteiger partial charge in [-0.05, 0) is 30.7 Å². The van der Waals surface area contributed by atoms with Crippen LogP contribution in [0.15, 0.2) is 35.3 Å². The SMILES string of the molecule is Nc1nc2ncc(CNc3ccc(C(=O)OC(=O)[C@@H](N)CCC(=O)O)cc3)nc2c(=O)[nH]1. The summed E-state index contributed by atoms with van der Waals surface area (Å²) >= 11 is 0.